The van der Waals surface area contributed by atoms with Crippen molar-refractivity contribution in [2.75, 3.05) is 19.0 Å². The van der Waals surface area contributed by atoms with Crippen LogP contribution in [0.4, 0.5) is 0 Å². The molecule has 0 aliphatic heterocycles. The lowest BCUT2D eigenvalue weighted by Gasteiger charge is -2.25. The third-order valence-corrected chi connectivity index (χ3v) is 3.16. The first-order chi connectivity index (χ1) is 7.19. The van der Waals surface area contributed by atoms with Crippen LogP contribution >= 0.6 is 11.6 Å². The van der Waals surface area contributed by atoms with Gasteiger partial charge in [-0.25, -0.2) is 0 Å². The highest BCUT2D eigenvalue weighted by Gasteiger charge is 2.14. The quantitative estimate of drug-likeness (QED) is 0.590. The summed E-state index contributed by atoms with van der Waals surface area (Å²) in [6.45, 7) is 8.14. The fourth-order valence-corrected chi connectivity index (χ4v) is 1.78. The summed E-state index contributed by atoms with van der Waals surface area (Å²) in [5.74, 6) is 1.48. The fourth-order valence-electron chi connectivity index (χ4n) is 1.64. The van der Waals surface area contributed by atoms with Gasteiger partial charge in [0.2, 0.25) is 5.91 Å². The molecule has 0 aliphatic rings. The Morgan fingerprint density at radius 3 is 2.27 bits per heavy atom. The van der Waals surface area contributed by atoms with E-state index in [-0.39, 0.29) is 5.91 Å². The van der Waals surface area contributed by atoms with E-state index in [9.17, 15) is 4.79 Å². The number of amides is 1. The van der Waals surface area contributed by atoms with Gasteiger partial charge in [0, 0.05) is 25.4 Å². The number of hydrogen-bond acceptors (Lipinski definition) is 1. The second kappa shape index (κ2) is 9.02. The standard InChI is InChI=1S/C12H24ClNO/c1-4-11(5-2)10-14(6-3)12(15)8-7-9-13/h11H,4-10H2,1-3H3. The zero-order valence-corrected chi connectivity index (χ0v) is 11.0. The van der Waals surface area contributed by atoms with Crippen LogP contribution in [0, 0.1) is 5.92 Å². The van der Waals surface area contributed by atoms with Crippen molar-refractivity contribution in [2.45, 2.75) is 46.5 Å². The van der Waals surface area contributed by atoms with Gasteiger partial charge in [-0.1, -0.05) is 26.7 Å². The van der Waals surface area contributed by atoms with Crippen LogP contribution in [-0.2, 0) is 4.79 Å². The SMILES string of the molecule is CCC(CC)CN(CC)C(=O)CCCCl. The summed E-state index contributed by atoms with van der Waals surface area (Å²) < 4.78 is 0. The Kier molecular flexibility index (Phi) is 8.88. The molecular formula is C12H24ClNO. The largest absolute Gasteiger partial charge is 0.343 e. The predicted molar refractivity (Wildman–Crippen MR) is 66.3 cm³/mol. The number of carbonyl (C=O) groups is 1. The molecule has 0 aromatic rings. The summed E-state index contributed by atoms with van der Waals surface area (Å²) in [5.41, 5.74) is 0. The van der Waals surface area contributed by atoms with Gasteiger partial charge in [0.15, 0.2) is 0 Å². The molecule has 0 atom stereocenters. The van der Waals surface area contributed by atoms with Gasteiger partial charge in [-0.05, 0) is 19.3 Å². The average Bonchev–Trinajstić information content (AvgIpc) is 2.27. The first-order valence-electron chi connectivity index (χ1n) is 6.03. The Morgan fingerprint density at radius 1 is 1.27 bits per heavy atom. The molecule has 90 valence electrons. The molecule has 3 heteroatoms. The van der Waals surface area contributed by atoms with Crippen LogP contribution in [0.2, 0.25) is 0 Å². The third-order valence-electron chi connectivity index (χ3n) is 2.89. The molecule has 0 saturated carbocycles. The topological polar surface area (TPSA) is 20.3 Å². The number of rotatable bonds is 8. The number of halogens is 1. The van der Waals surface area contributed by atoms with Crippen molar-refractivity contribution in [2.24, 2.45) is 5.92 Å². The Bertz CT molecular complexity index is 169. The van der Waals surface area contributed by atoms with Crippen LogP contribution in [-0.4, -0.2) is 29.8 Å². The summed E-state index contributed by atoms with van der Waals surface area (Å²) in [6.07, 6.45) is 3.68. The van der Waals surface area contributed by atoms with Crippen LogP contribution in [0.15, 0.2) is 0 Å². The van der Waals surface area contributed by atoms with Crippen molar-refractivity contribution in [3.8, 4) is 0 Å². The summed E-state index contributed by atoms with van der Waals surface area (Å²) in [7, 11) is 0. The van der Waals surface area contributed by atoms with Gasteiger partial charge in [-0.3, -0.25) is 4.79 Å². The zero-order chi connectivity index (χ0) is 11.7. The molecule has 0 aromatic heterocycles. The van der Waals surface area contributed by atoms with Gasteiger partial charge < -0.3 is 4.90 Å². The number of hydrogen-bond donors (Lipinski definition) is 0. The van der Waals surface area contributed by atoms with Crippen molar-refractivity contribution in [3.05, 3.63) is 0 Å². The van der Waals surface area contributed by atoms with E-state index in [4.69, 9.17) is 11.6 Å². The first-order valence-corrected chi connectivity index (χ1v) is 6.56. The van der Waals surface area contributed by atoms with Gasteiger partial charge in [0.05, 0.1) is 0 Å². The lowest BCUT2D eigenvalue weighted by atomic mass is 10.0. The van der Waals surface area contributed by atoms with Gasteiger partial charge in [-0.2, -0.15) is 0 Å². The molecule has 0 spiro atoms. The van der Waals surface area contributed by atoms with Gasteiger partial charge in [0.1, 0.15) is 0 Å². The monoisotopic (exact) mass is 233 g/mol. The fraction of sp³-hybridized carbons (Fsp3) is 0.917. The Balaban J connectivity index is 4.04. The lowest BCUT2D eigenvalue weighted by Crippen LogP contribution is -2.34. The van der Waals surface area contributed by atoms with E-state index in [2.05, 4.69) is 13.8 Å². The number of carbonyl (C=O) groups excluding carboxylic acids is 1. The Hall–Kier alpha value is -0.240. The minimum Gasteiger partial charge on any atom is -0.343 e. The summed E-state index contributed by atoms with van der Waals surface area (Å²) in [6, 6.07) is 0. The molecule has 0 aromatic carbocycles. The highest BCUT2D eigenvalue weighted by molar-refractivity contribution is 6.17. The highest BCUT2D eigenvalue weighted by Crippen LogP contribution is 2.11. The second-order valence-electron chi connectivity index (χ2n) is 3.91. The zero-order valence-electron chi connectivity index (χ0n) is 10.3. The van der Waals surface area contributed by atoms with Crippen molar-refractivity contribution < 1.29 is 4.79 Å². The summed E-state index contributed by atoms with van der Waals surface area (Å²) >= 11 is 5.58. The second-order valence-corrected chi connectivity index (χ2v) is 4.29. The van der Waals surface area contributed by atoms with E-state index in [1.165, 1.54) is 0 Å². The molecule has 0 fully saturated rings. The molecule has 0 rings (SSSR count). The Morgan fingerprint density at radius 2 is 1.87 bits per heavy atom. The smallest absolute Gasteiger partial charge is 0.222 e. The molecule has 0 aliphatic carbocycles. The maximum atomic E-state index is 11.8. The van der Waals surface area contributed by atoms with Crippen molar-refractivity contribution in [3.63, 3.8) is 0 Å². The summed E-state index contributed by atoms with van der Waals surface area (Å²) in [5, 5.41) is 0. The first kappa shape index (κ1) is 14.8. The minimum atomic E-state index is 0.255. The van der Waals surface area contributed by atoms with Gasteiger partial charge in [0.25, 0.3) is 0 Å². The molecule has 0 N–H and O–H groups in total. The van der Waals surface area contributed by atoms with E-state index in [0.29, 0.717) is 18.2 Å². The molecule has 1 amide bonds. The predicted octanol–water partition coefficient (Wildman–Crippen LogP) is 3.29. The van der Waals surface area contributed by atoms with E-state index < -0.39 is 0 Å². The van der Waals surface area contributed by atoms with E-state index in [1.54, 1.807) is 0 Å². The molecule has 0 heterocycles. The van der Waals surface area contributed by atoms with Crippen LogP contribution in [0.3, 0.4) is 0 Å². The lowest BCUT2D eigenvalue weighted by molar-refractivity contribution is -0.131. The molecule has 0 unspecified atom stereocenters. The normalized spacial score (nSPS) is 10.7. The van der Waals surface area contributed by atoms with Crippen molar-refractivity contribution >= 4 is 17.5 Å². The van der Waals surface area contributed by atoms with Crippen LogP contribution in [0.1, 0.15) is 46.5 Å². The molecule has 0 radical (unpaired) electrons. The van der Waals surface area contributed by atoms with Crippen LogP contribution in [0.25, 0.3) is 0 Å². The Labute approximate surface area is 99.0 Å². The maximum absolute atomic E-state index is 11.8. The maximum Gasteiger partial charge on any atom is 0.222 e. The van der Waals surface area contributed by atoms with Gasteiger partial charge >= 0.3 is 0 Å². The third kappa shape index (κ3) is 6.03. The average molecular weight is 234 g/mol. The summed E-state index contributed by atoms with van der Waals surface area (Å²) in [4.78, 5) is 13.7. The van der Waals surface area contributed by atoms with Crippen LogP contribution < -0.4 is 0 Å². The van der Waals surface area contributed by atoms with E-state index in [0.717, 1.165) is 32.4 Å². The van der Waals surface area contributed by atoms with Crippen molar-refractivity contribution in [1.29, 1.82) is 0 Å². The van der Waals surface area contributed by atoms with Crippen LogP contribution in [0.5, 0.6) is 0 Å². The number of alkyl halides is 1. The molecule has 2 nitrogen and oxygen atoms in total. The van der Waals surface area contributed by atoms with Crippen molar-refractivity contribution in [1.82, 2.24) is 4.90 Å². The molecule has 15 heavy (non-hydrogen) atoms. The van der Waals surface area contributed by atoms with E-state index in [1.807, 2.05) is 11.8 Å². The minimum absolute atomic E-state index is 0.255. The number of nitrogens with zero attached hydrogens (tertiary/aromatic N) is 1. The van der Waals surface area contributed by atoms with E-state index >= 15 is 0 Å². The molecule has 0 saturated heterocycles. The molecule has 0 bridgehead atoms. The molecular weight excluding hydrogens is 210 g/mol. The highest BCUT2D eigenvalue weighted by atomic mass is 35.5. The van der Waals surface area contributed by atoms with Gasteiger partial charge in [-0.15, -0.1) is 11.6 Å².